The number of amides is 2. The minimum atomic E-state index is -0.980. The van der Waals surface area contributed by atoms with Crippen molar-refractivity contribution in [3.05, 3.63) is 18.2 Å². The summed E-state index contributed by atoms with van der Waals surface area (Å²) >= 11 is 0. The lowest BCUT2D eigenvalue weighted by Gasteiger charge is -2.27. The van der Waals surface area contributed by atoms with Gasteiger partial charge in [0.15, 0.2) is 6.61 Å². The lowest BCUT2D eigenvalue weighted by Crippen LogP contribution is -2.35. The predicted octanol–water partition coefficient (Wildman–Crippen LogP) is 2.77. The van der Waals surface area contributed by atoms with Gasteiger partial charge in [0.1, 0.15) is 5.75 Å². The van der Waals surface area contributed by atoms with Gasteiger partial charge in [0.25, 0.3) is 5.91 Å². The third kappa shape index (κ3) is 3.92. The van der Waals surface area contributed by atoms with Gasteiger partial charge in [-0.05, 0) is 31.0 Å². The van der Waals surface area contributed by atoms with E-state index in [2.05, 4.69) is 10.6 Å². The molecule has 2 amide bonds. The maximum absolute atomic E-state index is 12.4. The van der Waals surface area contributed by atoms with E-state index >= 15 is 0 Å². The van der Waals surface area contributed by atoms with Crippen LogP contribution in [0, 0.1) is 5.41 Å². The van der Waals surface area contributed by atoms with Gasteiger partial charge in [-0.15, -0.1) is 0 Å². The van der Waals surface area contributed by atoms with E-state index in [4.69, 9.17) is 4.74 Å². The van der Waals surface area contributed by atoms with Crippen LogP contribution in [-0.2, 0) is 14.4 Å². The monoisotopic (exact) mass is 346 g/mol. The Morgan fingerprint density at radius 1 is 1.20 bits per heavy atom. The third-order valence-electron chi connectivity index (χ3n) is 4.91. The number of nitrogens with one attached hydrogen (secondary N) is 2. The SMILES string of the molecule is O=C(CC1(C(=O)O)CCCCCC1)Nc1ccc2c(c1)NC(=O)CO2. The summed E-state index contributed by atoms with van der Waals surface area (Å²) in [4.78, 5) is 35.6. The lowest BCUT2D eigenvalue weighted by atomic mass is 9.77. The molecule has 0 aromatic heterocycles. The molecule has 1 aliphatic carbocycles. The van der Waals surface area contributed by atoms with Crippen molar-refractivity contribution in [2.75, 3.05) is 17.2 Å². The van der Waals surface area contributed by atoms with Gasteiger partial charge >= 0.3 is 5.97 Å². The van der Waals surface area contributed by atoms with Gasteiger partial charge in [-0.1, -0.05) is 25.7 Å². The molecule has 7 nitrogen and oxygen atoms in total. The normalized spacial score (nSPS) is 19.0. The molecule has 0 atom stereocenters. The number of ether oxygens (including phenoxy) is 1. The number of carboxylic acid groups (broad SMARTS) is 1. The van der Waals surface area contributed by atoms with Gasteiger partial charge < -0.3 is 20.5 Å². The fraction of sp³-hybridized carbons (Fsp3) is 0.500. The number of fused-ring (bicyclic) bond motifs is 1. The second-order valence-corrected chi connectivity index (χ2v) is 6.77. The van der Waals surface area contributed by atoms with E-state index in [1.54, 1.807) is 18.2 Å². The zero-order chi connectivity index (χ0) is 17.9. The Kier molecular flexibility index (Phi) is 4.92. The first kappa shape index (κ1) is 17.3. The van der Waals surface area contributed by atoms with E-state index in [0.717, 1.165) is 25.7 Å². The van der Waals surface area contributed by atoms with E-state index in [0.29, 0.717) is 30.0 Å². The molecule has 0 bridgehead atoms. The molecule has 1 heterocycles. The maximum atomic E-state index is 12.4. The van der Waals surface area contributed by atoms with Gasteiger partial charge in [0.2, 0.25) is 5.91 Å². The van der Waals surface area contributed by atoms with Crippen molar-refractivity contribution in [1.82, 2.24) is 0 Å². The number of hydrogen-bond donors (Lipinski definition) is 3. The van der Waals surface area contributed by atoms with Gasteiger partial charge in [0, 0.05) is 12.1 Å². The summed E-state index contributed by atoms with van der Waals surface area (Å²) in [6, 6.07) is 4.96. The number of carboxylic acids is 1. The van der Waals surface area contributed by atoms with Crippen LogP contribution in [0.4, 0.5) is 11.4 Å². The summed E-state index contributed by atoms with van der Waals surface area (Å²) in [7, 11) is 0. The molecule has 0 unspecified atom stereocenters. The Labute approximate surface area is 145 Å². The Hall–Kier alpha value is -2.57. The quantitative estimate of drug-likeness (QED) is 0.727. The Balaban J connectivity index is 1.70. The highest BCUT2D eigenvalue weighted by Crippen LogP contribution is 2.39. The molecule has 2 aliphatic rings. The van der Waals surface area contributed by atoms with Crippen LogP contribution in [0.1, 0.15) is 44.9 Å². The largest absolute Gasteiger partial charge is 0.482 e. The van der Waals surface area contributed by atoms with Crippen LogP contribution in [0.15, 0.2) is 18.2 Å². The molecule has 7 heteroatoms. The van der Waals surface area contributed by atoms with E-state index < -0.39 is 11.4 Å². The molecule has 1 aromatic carbocycles. The lowest BCUT2D eigenvalue weighted by molar-refractivity contribution is -0.152. The average molecular weight is 346 g/mol. The first-order chi connectivity index (χ1) is 12.0. The molecule has 134 valence electrons. The molecule has 1 aromatic rings. The number of aliphatic carboxylic acids is 1. The standard InChI is InChI=1S/C18H22N2O5/c21-15(10-18(17(23)24)7-3-1-2-4-8-18)19-12-5-6-14-13(9-12)20-16(22)11-25-14/h5-6,9H,1-4,7-8,10-11H2,(H,19,21)(H,20,22)(H,23,24). The fourth-order valence-corrected chi connectivity index (χ4v) is 3.54. The molecular formula is C18H22N2O5. The fourth-order valence-electron chi connectivity index (χ4n) is 3.54. The molecule has 1 aliphatic heterocycles. The van der Waals surface area contributed by atoms with Gasteiger partial charge in [-0.2, -0.15) is 0 Å². The second-order valence-electron chi connectivity index (χ2n) is 6.77. The summed E-state index contributed by atoms with van der Waals surface area (Å²) < 4.78 is 5.28. The average Bonchev–Trinajstić information content (AvgIpc) is 2.81. The van der Waals surface area contributed by atoms with Crippen molar-refractivity contribution in [2.45, 2.75) is 44.9 Å². The van der Waals surface area contributed by atoms with Crippen molar-refractivity contribution in [3.8, 4) is 5.75 Å². The highest BCUT2D eigenvalue weighted by Gasteiger charge is 2.40. The topological polar surface area (TPSA) is 105 Å². The summed E-state index contributed by atoms with van der Waals surface area (Å²) in [5.74, 6) is -0.925. The molecule has 1 saturated carbocycles. The van der Waals surface area contributed by atoms with E-state index in [1.807, 2.05) is 0 Å². The molecule has 0 radical (unpaired) electrons. The van der Waals surface area contributed by atoms with Crippen LogP contribution in [0.25, 0.3) is 0 Å². The molecule has 0 spiro atoms. The Morgan fingerprint density at radius 3 is 2.60 bits per heavy atom. The van der Waals surface area contributed by atoms with E-state index in [1.165, 1.54) is 0 Å². The third-order valence-corrected chi connectivity index (χ3v) is 4.91. The number of benzene rings is 1. The number of carbonyl (C=O) groups is 3. The van der Waals surface area contributed by atoms with Crippen molar-refractivity contribution in [1.29, 1.82) is 0 Å². The smallest absolute Gasteiger partial charge is 0.310 e. The number of anilines is 2. The molecular weight excluding hydrogens is 324 g/mol. The number of carbonyl (C=O) groups excluding carboxylic acids is 2. The number of hydrogen-bond acceptors (Lipinski definition) is 4. The summed E-state index contributed by atoms with van der Waals surface area (Å²) in [5, 5.41) is 15.1. The van der Waals surface area contributed by atoms with Crippen LogP contribution >= 0.6 is 0 Å². The van der Waals surface area contributed by atoms with Crippen molar-refractivity contribution >= 4 is 29.2 Å². The molecule has 25 heavy (non-hydrogen) atoms. The summed E-state index contributed by atoms with van der Waals surface area (Å²) in [6.07, 6.45) is 4.72. The van der Waals surface area contributed by atoms with Gasteiger partial charge in [-0.25, -0.2) is 0 Å². The molecule has 0 saturated heterocycles. The predicted molar refractivity (Wildman–Crippen MR) is 91.6 cm³/mol. The first-order valence-corrected chi connectivity index (χ1v) is 8.58. The van der Waals surface area contributed by atoms with Crippen molar-refractivity contribution in [3.63, 3.8) is 0 Å². The van der Waals surface area contributed by atoms with Crippen LogP contribution < -0.4 is 15.4 Å². The zero-order valence-electron chi connectivity index (χ0n) is 14.0. The Morgan fingerprint density at radius 2 is 1.92 bits per heavy atom. The molecule has 3 N–H and O–H groups in total. The van der Waals surface area contributed by atoms with Crippen LogP contribution in [-0.4, -0.2) is 29.5 Å². The second kappa shape index (κ2) is 7.13. The van der Waals surface area contributed by atoms with Crippen LogP contribution in [0.2, 0.25) is 0 Å². The van der Waals surface area contributed by atoms with Gasteiger partial charge in [-0.3, -0.25) is 14.4 Å². The first-order valence-electron chi connectivity index (χ1n) is 8.58. The minimum Gasteiger partial charge on any atom is -0.482 e. The van der Waals surface area contributed by atoms with E-state index in [-0.39, 0.29) is 24.8 Å². The van der Waals surface area contributed by atoms with Crippen LogP contribution in [0.5, 0.6) is 5.75 Å². The van der Waals surface area contributed by atoms with E-state index in [9.17, 15) is 19.5 Å². The number of rotatable bonds is 4. The highest BCUT2D eigenvalue weighted by molar-refractivity contribution is 5.98. The maximum Gasteiger partial charge on any atom is 0.310 e. The minimum absolute atomic E-state index is 0.0279. The summed E-state index contributed by atoms with van der Waals surface area (Å²) in [6.45, 7) is -0.0279. The zero-order valence-corrected chi connectivity index (χ0v) is 14.0. The van der Waals surface area contributed by atoms with Crippen molar-refractivity contribution < 1.29 is 24.2 Å². The highest BCUT2D eigenvalue weighted by atomic mass is 16.5. The summed E-state index contributed by atoms with van der Waals surface area (Å²) in [5.41, 5.74) is 0.0201. The molecule has 3 rings (SSSR count). The molecule has 1 fully saturated rings. The Bertz CT molecular complexity index is 693. The van der Waals surface area contributed by atoms with Gasteiger partial charge in [0.05, 0.1) is 11.1 Å². The van der Waals surface area contributed by atoms with Crippen LogP contribution in [0.3, 0.4) is 0 Å². The van der Waals surface area contributed by atoms with Crippen molar-refractivity contribution in [2.24, 2.45) is 5.41 Å².